The van der Waals surface area contributed by atoms with Gasteiger partial charge in [-0.05, 0) is 49.6 Å². The number of nitrogens with one attached hydrogen (secondary N) is 1. The average molecular weight is 324 g/mol. The second-order valence-electron chi connectivity index (χ2n) is 5.79. The molecular weight excluding hydrogens is 307 g/mol. The lowest BCUT2D eigenvalue weighted by molar-refractivity contribution is 0.0929. The zero-order valence-electron chi connectivity index (χ0n) is 13.5. The number of carbonyl (C=O) groups excluding carboxylic acids is 1. The van der Waals surface area contributed by atoms with Gasteiger partial charge in [-0.25, -0.2) is 9.37 Å². The van der Waals surface area contributed by atoms with Crippen LogP contribution < -0.4 is 5.32 Å². The summed E-state index contributed by atoms with van der Waals surface area (Å²) in [6.07, 6.45) is 0.518. The van der Waals surface area contributed by atoms with Crippen molar-refractivity contribution in [1.29, 1.82) is 0 Å². The normalized spacial score (nSPS) is 12.1. The van der Waals surface area contributed by atoms with Crippen LogP contribution in [0.25, 0.3) is 11.0 Å². The van der Waals surface area contributed by atoms with Crippen LogP contribution in [-0.2, 0) is 6.42 Å². The number of para-hydroxylation sites is 1. The smallest absolute Gasteiger partial charge is 0.291 e. The molecule has 24 heavy (non-hydrogen) atoms. The summed E-state index contributed by atoms with van der Waals surface area (Å²) in [7, 11) is 0. The van der Waals surface area contributed by atoms with E-state index in [0.29, 0.717) is 23.0 Å². The van der Waals surface area contributed by atoms with Crippen LogP contribution in [-0.4, -0.2) is 27.1 Å². The molecule has 1 atom stereocenters. The van der Waals surface area contributed by atoms with Crippen molar-refractivity contribution in [2.45, 2.75) is 26.3 Å². The third-order valence-electron chi connectivity index (χ3n) is 3.72. The Labute approximate surface area is 138 Å². The van der Waals surface area contributed by atoms with Crippen molar-refractivity contribution < 1.29 is 9.18 Å². The molecule has 3 rings (SSSR count). The third kappa shape index (κ3) is 3.53. The van der Waals surface area contributed by atoms with E-state index in [1.807, 2.05) is 25.1 Å². The summed E-state index contributed by atoms with van der Waals surface area (Å²) in [5.41, 5.74) is 2.68. The largest absolute Gasteiger partial charge is 0.346 e. The van der Waals surface area contributed by atoms with Crippen molar-refractivity contribution in [2.75, 3.05) is 0 Å². The van der Waals surface area contributed by atoms with Crippen LogP contribution in [0.2, 0.25) is 0 Å². The van der Waals surface area contributed by atoms with Gasteiger partial charge in [-0.1, -0.05) is 24.3 Å². The number of aryl methyl sites for hydroxylation is 1. The van der Waals surface area contributed by atoms with Crippen LogP contribution in [0.1, 0.15) is 28.7 Å². The van der Waals surface area contributed by atoms with E-state index in [4.69, 9.17) is 0 Å². The molecule has 1 amide bonds. The number of aromatic nitrogens is 3. The highest BCUT2D eigenvalue weighted by Gasteiger charge is 2.14. The lowest BCUT2D eigenvalue weighted by Crippen LogP contribution is -2.35. The molecule has 5 nitrogen and oxygen atoms in total. The second kappa shape index (κ2) is 6.70. The summed E-state index contributed by atoms with van der Waals surface area (Å²) < 4.78 is 13.6. The van der Waals surface area contributed by atoms with Gasteiger partial charge in [-0.15, -0.1) is 10.2 Å². The predicted molar refractivity (Wildman–Crippen MR) is 89.1 cm³/mol. The fourth-order valence-corrected chi connectivity index (χ4v) is 2.43. The van der Waals surface area contributed by atoms with Crippen LogP contribution in [0.15, 0.2) is 42.5 Å². The van der Waals surface area contributed by atoms with Gasteiger partial charge in [0.25, 0.3) is 5.91 Å². The summed E-state index contributed by atoms with van der Waals surface area (Å²) in [6, 6.07) is 12.1. The number of fused-ring (bicyclic) bond motifs is 1. The Morgan fingerprint density at radius 3 is 2.67 bits per heavy atom. The number of hydrogen-bond donors (Lipinski definition) is 1. The maximum absolute atomic E-state index is 13.6. The van der Waals surface area contributed by atoms with Gasteiger partial charge in [0.2, 0.25) is 5.82 Å². The molecule has 0 aliphatic heterocycles. The molecule has 3 aromatic rings. The Bertz CT molecular complexity index is 897. The van der Waals surface area contributed by atoms with Gasteiger partial charge in [0.05, 0.1) is 5.52 Å². The van der Waals surface area contributed by atoms with Gasteiger partial charge in [0.1, 0.15) is 11.3 Å². The quantitative estimate of drug-likeness (QED) is 0.801. The monoisotopic (exact) mass is 324 g/mol. The van der Waals surface area contributed by atoms with Crippen LogP contribution in [0, 0.1) is 12.7 Å². The number of nitrogens with zero attached hydrogens (tertiary/aromatic N) is 3. The highest BCUT2D eigenvalue weighted by Crippen LogP contribution is 2.11. The first-order valence-electron chi connectivity index (χ1n) is 7.68. The van der Waals surface area contributed by atoms with Crippen molar-refractivity contribution in [3.05, 3.63) is 65.2 Å². The summed E-state index contributed by atoms with van der Waals surface area (Å²) in [5.74, 6) is -0.614. The summed E-state index contributed by atoms with van der Waals surface area (Å²) in [6.45, 7) is 3.57. The van der Waals surface area contributed by atoms with Gasteiger partial charge >= 0.3 is 0 Å². The zero-order valence-corrected chi connectivity index (χ0v) is 13.5. The van der Waals surface area contributed by atoms with E-state index in [1.165, 1.54) is 6.07 Å². The van der Waals surface area contributed by atoms with E-state index in [0.717, 1.165) is 5.56 Å². The van der Waals surface area contributed by atoms with Crippen molar-refractivity contribution >= 4 is 16.9 Å². The van der Waals surface area contributed by atoms with Gasteiger partial charge < -0.3 is 5.32 Å². The Morgan fingerprint density at radius 1 is 1.17 bits per heavy atom. The molecule has 0 bridgehead atoms. The van der Waals surface area contributed by atoms with Crippen molar-refractivity contribution in [1.82, 2.24) is 20.5 Å². The number of amides is 1. The van der Waals surface area contributed by atoms with Crippen LogP contribution in [0.4, 0.5) is 4.39 Å². The van der Waals surface area contributed by atoms with Gasteiger partial charge in [0.15, 0.2) is 0 Å². The molecule has 0 fully saturated rings. The minimum Gasteiger partial charge on any atom is -0.346 e. The minimum atomic E-state index is -0.395. The molecule has 0 radical (unpaired) electrons. The fraction of sp³-hybridized carbons (Fsp3) is 0.222. The predicted octanol–water partition coefficient (Wildman–Crippen LogP) is 2.83. The SMILES string of the molecule is Cc1ccc(CC(C)NC(=O)c2nnc3ccccc3n2)cc1F. The maximum atomic E-state index is 13.6. The molecule has 1 N–H and O–H groups in total. The Morgan fingerprint density at radius 2 is 1.92 bits per heavy atom. The molecule has 0 saturated carbocycles. The van der Waals surface area contributed by atoms with Crippen molar-refractivity contribution in [3.8, 4) is 0 Å². The van der Waals surface area contributed by atoms with E-state index in [9.17, 15) is 9.18 Å². The lowest BCUT2D eigenvalue weighted by Gasteiger charge is -2.13. The topological polar surface area (TPSA) is 67.8 Å². The van der Waals surface area contributed by atoms with E-state index in [2.05, 4.69) is 20.5 Å². The summed E-state index contributed by atoms with van der Waals surface area (Å²) >= 11 is 0. The number of halogens is 1. The maximum Gasteiger partial charge on any atom is 0.291 e. The molecule has 2 aromatic carbocycles. The number of carbonyl (C=O) groups is 1. The third-order valence-corrected chi connectivity index (χ3v) is 3.72. The Hall–Kier alpha value is -2.89. The number of hydrogen-bond acceptors (Lipinski definition) is 4. The number of rotatable bonds is 4. The zero-order chi connectivity index (χ0) is 17.1. The Kier molecular flexibility index (Phi) is 4.46. The average Bonchev–Trinajstić information content (AvgIpc) is 2.57. The van der Waals surface area contributed by atoms with Crippen LogP contribution in [0.3, 0.4) is 0 Å². The molecule has 0 aliphatic carbocycles. The van der Waals surface area contributed by atoms with E-state index in [1.54, 1.807) is 25.1 Å². The van der Waals surface area contributed by atoms with Gasteiger partial charge in [0, 0.05) is 6.04 Å². The molecule has 122 valence electrons. The first-order chi connectivity index (χ1) is 11.5. The first kappa shape index (κ1) is 16.0. The second-order valence-corrected chi connectivity index (χ2v) is 5.79. The standard InChI is InChI=1S/C18H17FN4O/c1-11-7-8-13(10-14(11)19)9-12(2)20-18(24)17-21-15-5-3-4-6-16(15)22-23-17/h3-8,10,12H,9H2,1-2H3,(H,20,24). The highest BCUT2D eigenvalue weighted by atomic mass is 19.1. The molecule has 6 heteroatoms. The molecule has 1 aromatic heterocycles. The summed E-state index contributed by atoms with van der Waals surface area (Å²) in [4.78, 5) is 16.5. The molecule has 0 saturated heterocycles. The molecule has 1 unspecified atom stereocenters. The molecule has 0 spiro atoms. The minimum absolute atomic E-state index is 0.0237. The lowest BCUT2D eigenvalue weighted by atomic mass is 10.1. The fourth-order valence-electron chi connectivity index (χ4n) is 2.43. The van der Waals surface area contributed by atoms with Crippen molar-refractivity contribution in [3.63, 3.8) is 0 Å². The molecular formula is C18H17FN4O. The molecule has 0 aliphatic rings. The highest BCUT2D eigenvalue weighted by molar-refractivity contribution is 5.92. The van der Waals surface area contributed by atoms with Gasteiger partial charge in [-0.2, -0.15) is 0 Å². The Balaban J connectivity index is 1.69. The summed E-state index contributed by atoms with van der Waals surface area (Å²) in [5, 5.41) is 10.7. The van der Waals surface area contributed by atoms with E-state index in [-0.39, 0.29) is 17.7 Å². The van der Waals surface area contributed by atoms with Crippen LogP contribution in [0.5, 0.6) is 0 Å². The van der Waals surface area contributed by atoms with Crippen molar-refractivity contribution in [2.24, 2.45) is 0 Å². The van der Waals surface area contributed by atoms with E-state index < -0.39 is 5.91 Å². The number of benzene rings is 2. The molecule has 1 heterocycles. The van der Waals surface area contributed by atoms with Crippen LogP contribution >= 0.6 is 0 Å². The van der Waals surface area contributed by atoms with Gasteiger partial charge in [-0.3, -0.25) is 4.79 Å². The van der Waals surface area contributed by atoms with E-state index >= 15 is 0 Å². The first-order valence-corrected chi connectivity index (χ1v) is 7.68.